The van der Waals surface area contributed by atoms with Gasteiger partial charge in [-0.05, 0) is 90.0 Å². The summed E-state index contributed by atoms with van der Waals surface area (Å²) < 4.78 is 32.8. The second kappa shape index (κ2) is 15.9. The van der Waals surface area contributed by atoms with E-state index >= 15 is 0 Å². The number of phenolic OH excluding ortho intramolecular Hbond substituents is 3. The Bertz CT molecular complexity index is 1670. The molecule has 4 rings (SSSR count). The highest BCUT2D eigenvalue weighted by Crippen LogP contribution is 2.40. The van der Waals surface area contributed by atoms with E-state index in [4.69, 9.17) is 28.4 Å². The maximum absolute atomic E-state index is 12.8. The summed E-state index contributed by atoms with van der Waals surface area (Å²) in [6.45, 7) is -0.427. The van der Waals surface area contributed by atoms with Gasteiger partial charge in [-0.15, -0.1) is 0 Å². The Morgan fingerprint density at radius 3 is 1.74 bits per heavy atom. The maximum atomic E-state index is 12.8. The van der Waals surface area contributed by atoms with Crippen molar-refractivity contribution in [1.82, 2.24) is 0 Å². The van der Waals surface area contributed by atoms with Gasteiger partial charge in [-0.25, -0.2) is 9.59 Å². The van der Waals surface area contributed by atoms with Crippen LogP contribution in [0.25, 0.3) is 6.08 Å². The minimum Gasteiger partial charge on any atom is -0.508 e. The lowest BCUT2D eigenvalue weighted by Crippen LogP contribution is -2.32. The highest BCUT2D eigenvalue weighted by atomic mass is 16.6. The van der Waals surface area contributed by atoms with Crippen molar-refractivity contribution in [2.45, 2.75) is 12.2 Å². The molecule has 0 aliphatic carbocycles. The van der Waals surface area contributed by atoms with E-state index in [0.717, 1.165) is 0 Å². The SMILES string of the molecule is COc1cc(/C=C/COC(=O)c2ccc(O)cc2)ccc1OC(COC(=O)c1ccc(O)cc1)C(O)c1cc(OC)c(O)c(OC)c1. The molecule has 12 nitrogen and oxygen atoms in total. The quantitative estimate of drug-likeness (QED) is 0.135. The Balaban J connectivity index is 1.53. The van der Waals surface area contributed by atoms with E-state index in [0.29, 0.717) is 11.1 Å². The zero-order valence-electron chi connectivity index (χ0n) is 25.8. The molecule has 0 aromatic heterocycles. The van der Waals surface area contributed by atoms with Crippen LogP contribution >= 0.6 is 0 Å². The molecule has 0 aliphatic heterocycles. The molecular weight excluding hydrogens is 612 g/mol. The zero-order valence-corrected chi connectivity index (χ0v) is 25.8. The second-order valence-corrected chi connectivity index (χ2v) is 9.98. The topological polar surface area (TPSA) is 170 Å². The van der Waals surface area contributed by atoms with Crippen molar-refractivity contribution in [3.05, 3.63) is 107 Å². The summed E-state index contributed by atoms with van der Waals surface area (Å²) in [5, 5.41) is 40.7. The summed E-state index contributed by atoms with van der Waals surface area (Å²) in [5.41, 5.74) is 1.39. The number of rotatable bonds is 14. The van der Waals surface area contributed by atoms with Gasteiger partial charge in [0.05, 0.1) is 32.5 Å². The number of aromatic hydroxyl groups is 3. The molecule has 0 aliphatic rings. The molecule has 4 N–H and O–H groups in total. The van der Waals surface area contributed by atoms with Crippen LogP contribution in [0.2, 0.25) is 0 Å². The fraction of sp³-hybridized carbons (Fsp3) is 0.200. The third kappa shape index (κ3) is 8.86. The van der Waals surface area contributed by atoms with Crippen LogP contribution in [-0.4, -0.2) is 73.0 Å². The standard InChI is InChI=1S/C35H34O12/c1-42-28-17-21(5-4-16-45-34(40)22-7-11-25(36)12-8-22)6-15-27(28)47-31(20-46-35(41)23-9-13-26(37)14-10-23)32(38)24-18-29(43-2)33(39)30(19-24)44-3/h4-15,17-19,31-32,36-39H,16,20H2,1-3H3/b5-4+. The Morgan fingerprint density at radius 1 is 0.681 bits per heavy atom. The molecule has 4 aromatic rings. The van der Waals surface area contributed by atoms with Gasteiger partial charge in [-0.3, -0.25) is 0 Å². The molecule has 246 valence electrons. The Morgan fingerprint density at radius 2 is 1.21 bits per heavy atom. The normalized spacial score (nSPS) is 12.2. The molecule has 0 saturated carbocycles. The highest BCUT2D eigenvalue weighted by Gasteiger charge is 2.28. The Kier molecular flexibility index (Phi) is 11.5. The van der Waals surface area contributed by atoms with Gasteiger partial charge in [0, 0.05) is 0 Å². The summed E-state index contributed by atoms with van der Waals surface area (Å²) in [7, 11) is 4.12. The number of aliphatic hydroxyl groups excluding tert-OH is 1. The van der Waals surface area contributed by atoms with Crippen molar-refractivity contribution in [3.63, 3.8) is 0 Å². The van der Waals surface area contributed by atoms with Crippen LogP contribution in [0.5, 0.6) is 40.2 Å². The molecule has 0 bridgehead atoms. The van der Waals surface area contributed by atoms with Gasteiger partial charge in [0.1, 0.15) is 30.8 Å². The fourth-order valence-electron chi connectivity index (χ4n) is 4.36. The molecule has 4 aromatic carbocycles. The largest absolute Gasteiger partial charge is 0.508 e. The third-order valence-electron chi connectivity index (χ3n) is 6.87. The van der Waals surface area contributed by atoms with Gasteiger partial charge in [0.15, 0.2) is 29.1 Å². The molecule has 0 radical (unpaired) electrons. The molecule has 0 saturated heterocycles. The van der Waals surface area contributed by atoms with E-state index in [1.807, 2.05) is 0 Å². The van der Waals surface area contributed by atoms with Crippen LogP contribution in [-0.2, 0) is 9.47 Å². The van der Waals surface area contributed by atoms with E-state index in [1.54, 1.807) is 30.4 Å². The van der Waals surface area contributed by atoms with E-state index in [2.05, 4.69) is 0 Å². The van der Waals surface area contributed by atoms with Gasteiger partial charge in [0.2, 0.25) is 5.75 Å². The average molecular weight is 647 g/mol. The molecule has 0 fully saturated rings. The van der Waals surface area contributed by atoms with E-state index < -0.39 is 30.8 Å². The number of benzene rings is 4. The fourth-order valence-corrected chi connectivity index (χ4v) is 4.36. The van der Waals surface area contributed by atoms with Crippen LogP contribution < -0.4 is 18.9 Å². The van der Waals surface area contributed by atoms with E-state index in [9.17, 15) is 30.0 Å². The molecule has 47 heavy (non-hydrogen) atoms. The first-order chi connectivity index (χ1) is 22.6. The average Bonchev–Trinajstić information content (AvgIpc) is 3.09. The monoisotopic (exact) mass is 646 g/mol. The zero-order chi connectivity index (χ0) is 33.9. The summed E-state index contributed by atoms with van der Waals surface area (Å²) >= 11 is 0. The first kappa shape index (κ1) is 34.0. The Hall–Kier alpha value is -5.88. The van der Waals surface area contributed by atoms with Crippen molar-refractivity contribution in [1.29, 1.82) is 0 Å². The molecule has 0 amide bonds. The van der Waals surface area contributed by atoms with Gasteiger partial charge >= 0.3 is 11.9 Å². The maximum Gasteiger partial charge on any atom is 0.338 e. The summed E-state index contributed by atoms with van der Waals surface area (Å²) in [4.78, 5) is 24.9. The Labute approximate surface area is 270 Å². The van der Waals surface area contributed by atoms with Crippen LogP contribution in [0.4, 0.5) is 0 Å². The first-order valence-electron chi connectivity index (χ1n) is 14.2. The summed E-state index contributed by atoms with van der Waals surface area (Å²) in [5.74, 6) is -0.916. The number of ether oxygens (including phenoxy) is 6. The third-order valence-corrected chi connectivity index (χ3v) is 6.87. The predicted molar refractivity (Wildman–Crippen MR) is 169 cm³/mol. The molecule has 0 spiro atoms. The van der Waals surface area contributed by atoms with Crippen LogP contribution in [0.3, 0.4) is 0 Å². The number of methoxy groups -OCH3 is 3. The predicted octanol–water partition coefficient (Wildman–Crippen LogP) is 5.04. The number of phenols is 3. The number of carbonyl (C=O) groups excluding carboxylic acids is 2. The second-order valence-electron chi connectivity index (χ2n) is 9.98. The van der Waals surface area contributed by atoms with Crippen molar-refractivity contribution >= 4 is 18.0 Å². The van der Waals surface area contributed by atoms with Gasteiger partial charge in [-0.2, -0.15) is 0 Å². The number of hydrogen-bond acceptors (Lipinski definition) is 12. The molecule has 2 unspecified atom stereocenters. The van der Waals surface area contributed by atoms with Gasteiger partial charge in [-0.1, -0.05) is 12.1 Å². The summed E-state index contributed by atoms with van der Waals surface area (Å²) in [6, 6.07) is 18.9. The lowest BCUT2D eigenvalue weighted by molar-refractivity contribution is -0.0167. The number of carbonyl (C=O) groups is 2. The van der Waals surface area contributed by atoms with Crippen molar-refractivity contribution in [2.75, 3.05) is 34.5 Å². The molecule has 12 heteroatoms. The van der Waals surface area contributed by atoms with Crippen LogP contribution in [0.1, 0.15) is 37.9 Å². The minimum atomic E-state index is -1.42. The smallest absolute Gasteiger partial charge is 0.338 e. The van der Waals surface area contributed by atoms with Crippen molar-refractivity contribution < 1.29 is 58.4 Å². The van der Waals surface area contributed by atoms with Crippen LogP contribution in [0, 0.1) is 0 Å². The molecular formula is C35H34O12. The highest BCUT2D eigenvalue weighted by molar-refractivity contribution is 5.90. The van der Waals surface area contributed by atoms with Crippen molar-refractivity contribution in [3.8, 4) is 40.2 Å². The number of esters is 2. The minimum absolute atomic E-state index is 0.0134. The first-order valence-corrected chi connectivity index (χ1v) is 14.2. The summed E-state index contributed by atoms with van der Waals surface area (Å²) in [6.07, 6.45) is 0.731. The van der Waals surface area contributed by atoms with Gasteiger partial charge < -0.3 is 48.8 Å². The van der Waals surface area contributed by atoms with Crippen molar-refractivity contribution in [2.24, 2.45) is 0 Å². The van der Waals surface area contributed by atoms with Gasteiger partial charge in [0.25, 0.3) is 0 Å². The van der Waals surface area contributed by atoms with E-state index in [-0.39, 0.29) is 58.0 Å². The lowest BCUT2D eigenvalue weighted by atomic mass is 10.0. The molecule has 2 atom stereocenters. The lowest BCUT2D eigenvalue weighted by Gasteiger charge is -2.26. The van der Waals surface area contributed by atoms with E-state index in [1.165, 1.54) is 82.0 Å². The number of aliphatic hydroxyl groups is 1. The van der Waals surface area contributed by atoms with Crippen LogP contribution in [0.15, 0.2) is 84.9 Å². The molecule has 0 heterocycles. The number of hydrogen-bond donors (Lipinski definition) is 4.